The number of carbonyl (C=O) groups excluding carboxylic acids is 2. The highest BCUT2D eigenvalue weighted by Gasteiger charge is 2.45. The van der Waals surface area contributed by atoms with Crippen LogP contribution >= 0.6 is 11.3 Å². The van der Waals surface area contributed by atoms with E-state index in [1.54, 1.807) is 6.08 Å². The minimum Gasteiger partial charge on any atom is -0.503 e. The Kier molecular flexibility index (Phi) is 5.59. The Labute approximate surface area is 201 Å². The maximum atomic E-state index is 13.3. The molecule has 0 aliphatic carbocycles. The first-order valence-electron chi connectivity index (χ1n) is 10.9. The molecule has 1 amide bonds. The van der Waals surface area contributed by atoms with E-state index in [0.717, 1.165) is 32.5 Å². The van der Waals surface area contributed by atoms with E-state index in [0.29, 0.717) is 5.13 Å². The smallest absolute Gasteiger partial charge is 0.296 e. The molecule has 0 saturated heterocycles. The summed E-state index contributed by atoms with van der Waals surface area (Å²) in [5.41, 5.74) is 4.55. The maximum absolute atomic E-state index is 13.3. The fourth-order valence-corrected chi connectivity index (χ4v) is 5.16. The Morgan fingerprint density at radius 3 is 2.44 bits per heavy atom. The molecule has 1 aliphatic rings. The van der Waals surface area contributed by atoms with Crippen molar-refractivity contribution < 1.29 is 14.7 Å². The van der Waals surface area contributed by atoms with Gasteiger partial charge in [-0.05, 0) is 48.7 Å². The molecule has 1 unspecified atom stereocenters. The van der Waals surface area contributed by atoms with Crippen molar-refractivity contribution in [1.82, 2.24) is 4.98 Å². The quantitative estimate of drug-likeness (QED) is 0.361. The van der Waals surface area contributed by atoms with Gasteiger partial charge in [-0.1, -0.05) is 83.6 Å². The van der Waals surface area contributed by atoms with Crippen molar-refractivity contribution in [2.75, 3.05) is 4.90 Å². The molecule has 4 aromatic rings. The molecule has 0 bridgehead atoms. The van der Waals surface area contributed by atoms with Gasteiger partial charge >= 0.3 is 0 Å². The van der Waals surface area contributed by atoms with Gasteiger partial charge in [-0.2, -0.15) is 0 Å². The van der Waals surface area contributed by atoms with Gasteiger partial charge in [0.05, 0.1) is 21.8 Å². The predicted octanol–water partition coefficient (Wildman–Crippen LogP) is 6.10. The van der Waals surface area contributed by atoms with E-state index < -0.39 is 23.5 Å². The van der Waals surface area contributed by atoms with Crippen LogP contribution in [0.4, 0.5) is 5.13 Å². The molecule has 34 heavy (non-hydrogen) atoms. The molecule has 168 valence electrons. The molecule has 5 rings (SSSR count). The van der Waals surface area contributed by atoms with Crippen LogP contribution in [-0.4, -0.2) is 21.8 Å². The van der Waals surface area contributed by atoms with Crippen molar-refractivity contribution >= 4 is 44.5 Å². The minimum absolute atomic E-state index is 0.0523. The van der Waals surface area contributed by atoms with Gasteiger partial charge in [0.2, 0.25) is 0 Å². The van der Waals surface area contributed by atoms with Crippen LogP contribution in [0.25, 0.3) is 16.3 Å². The average molecular weight is 467 g/mol. The number of allylic oxidation sites excluding steroid dienone is 1. The fraction of sp³-hybridized carbons (Fsp3) is 0.107. The maximum Gasteiger partial charge on any atom is 0.296 e. The SMILES string of the molecule is Cc1ccc(C2C(C(=O)C=Cc3ccccc3)=C(O)C(=O)N2c2nc3ccc(C)cc3s2)cc1. The summed E-state index contributed by atoms with van der Waals surface area (Å²) in [7, 11) is 0. The number of aryl methyl sites for hydroxylation is 2. The number of rotatable bonds is 5. The summed E-state index contributed by atoms with van der Waals surface area (Å²) in [6.45, 7) is 3.97. The Hall–Kier alpha value is -4.03. The zero-order valence-electron chi connectivity index (χ0n) is 18.7. The number of nitrogens with zero attached hydrogens (tertiary/aromatic N) is 2. The summed E-state index contributed by atoms with van der Waals surface area (Å²) in [6.07, 6.45) is 3.09. The van der Waals surface area contributed by atoms with Gasteiger partial charge < -0.3 is 5.11 Å². The van der Waals surface area contributed by atoms with Crippen LogP contribution < -0.4 is 4.90 Å². The highest BCUT2D eigenvalue weighted by molar-refractivity contribution is 7.22. The van der Waals surface area contributed by atoms with E-state index in [1.807, 2.05) is 86.6 Å². The van der Waals surface area contributed by atoms with Gasteiger partial charge in [0.15, 0.2) is 16.7 Å². The summed E-state index contributed by atoms with van der Waals surface area (Å²) < 4.78 is 0.939. The minimum atomic E-state index is -0.775. The fourth-order valence-electron chi connectivity index (χ4n) is 4.07. The van der Waals surface area contributed by atoms with E-state index in [1.165, 1.54) is 22.3 Å². The molecular weight excluding hydrogens is 444 g/mol. The third-order valence-corrected chi connectivity index (χ3v) is 6.85. The molecule has 0 saturated carbocycles. The first-order chi connectivity index (χ1) is 16.4. The Bertz CT molecular complexity index is 1470. The summed E-state index contributed by atoms with van der Waals surface area (Å²) in [5.74, 6) is -1.58. The first-order valence-corrected chi connectivity index (χ1v) is 11.7. The number of aliphatic hydroxyl groups excluding tert-OH is 1. The first kappa shape index (κ1) is 21.8. The molecule has 1 aromatic heterocycles. The lowest BCUT2D eigenvalue weighted by molar-refractivity contribution is -0.117. The molecule has 1 atom stereocenters. The van der Waals surface area contributed by atoms with Gasteiger partial charge in [0.25, 0.3) is 5.91 Å². The van der Waals surface area contributed by atoms with Crippen molar-refractivity contribution in [1.29, 1.82) is 0 Å². The molecule has 1 N–H and O–H groups in total. The van der Waals surface area contributed by atoms with Crippen LogP contribution in [0.2, 0.25) is 0 Å². The standard InChI is InChI=1S/C28H22N2O3S/c1-17-8-12-20(13-9-17)25-24(22(31)15-11-19-6-4-3-5-7-19)26(32)27(33)30(25)28-29-21-14-10-18(2)16-23(21)34-28/h3-16,25,32H,1-2H3. The van der Waals surface area contributed by atoms with Gasteiger partial charge in [0.1, 0.15) is 0 Å². The van der Waals surface area contributed by atoms with Crippen LogP contribution in [0.1, 0.15) is 28.3 Å². The molecule has 0 radical (unpaired) electrons. The number of carbonyl (C=O) groups is 2. The van der Waals surface area contributed by atoms with Crippen LogP contribution in [0.3, 0.4) is 0 Å². The number of hydrogen-bond acceptors (Lipinski definition) is 5. The monoisotopic (exact) mass is 466 g/mol. The highest BCUT2D eigenvalue weighted by Crippen LogP contribution is 2.43. The second kappa shape index (κ2) is 8.72. The van der Waals surface area contributed by atoms with Crippen molar-refractivity contribution in [3.05, 3.63) is 112 Å². The van der Waals surface area contributed by atoms with Crippen molar-refractivity contribution in [2.45, 2.75) is 19.9 Å². The van der Waals surface area contributed by atoms with Crippen LogP contribution in [-0.2, 0) is 9.59 Å². The largest absolute Gasteiger partial charge is 0.503 e. The van der Waals surface area contributed by atoms with Gasteiger partial charge in [0, 0.05) is 0 Å². The van der Waals surface area contributed by atoms with E-state index in [2.05, 4.69) is 4.98 Å². The third kappa shape index (κ3) is 3.93. The third-order valence-electron chi connectivity index (χ3n) is 5.83. The number of aliphatic hydroxyl groups is 1. The number of amides is 1. The van der Waals surface area contributed by atoms with Gasteiger partial charge in [-0.25, -0.2) is 4.98 Å². The number of fused-ring (bicyclic) bond motifs is 1. The Balaban J connectivity index is 1.60. The zero-order chi connectivity index (χ0) is 23.8. The second-order valence-corrected chi connectivity index (χ2v) is 9.34. The van der Waals surface area contributed by atoms with Crippen LogP contribution in [0.15, 0.2) is 90.2 Å². The van der Waals surface area contributed by atoms with Crippen LogP contribution in [0.5, 0.6) is 0 Å². The Morgan fingerprint density at radius 1 is 1.00 bits per heavy atom. The molecule has 1 aliphatic heterocycles. The number of thiazole rings is 1. The van der Waals surface area contributed by atoms with E-state index in [9.17, 15) is 14.7 Å². The van der Waals surface area contributed by atoms with E-state index in [-0.39, 0.29) is 5.57 Å². The van der Waals surface area contributed by atoms with Crippen molar-refractivity contribution in [2.24, 2.45) is 0 Å². The lowest BCUT2D eigenvalue weighted by atomic mass is 9.95. The second-order valence-electron chi connectivity index (χ2n) is 8.33. The van der Waals surface area contributed by atoms with E-state index in [4.69, 9.17) is 0 Å². The van der Waals surface area contributed by atoms with Crippen molar-refractivity contribution in [3.63, 3.8) is 0 Å². The summed E-state index contributed by atoms with van der Waals surface area (Å²) in [5, 5.41) is 11.3. The molecule has 5 nitrogen and oxygen atoms in total. The van der Waals surface area contributed by atoms with Gasteiger partial charge in [-0.15, -0.1) is 0 Å². The molecule has 0 fully saturated rings. The van der Waals surface area contributed by atoms with Crippen LogP contribution in [0, 0.1) is 13.8 Å². The molecule has 2 heterocycles. The predicted molar refractivity (Wildman–Crippen MR) is 136 cm³/mol. The lowest BCUT2D eigenvalue weighted by Crippen LogP contribution is -2.30. The summed E-state index contributed by atoms with van der Waals surface area (Å²) >= 11 is 1.37. The Morgan fingerprint density at radius 2 is 1.71 bits per heavy atom. The topological polar surface area (TPSA) is 70.5 Å². The molecule has 3 aromatic carbocycles. The number of aromatic nitrogens is 1. The normalized spacial score (nSPS) is 16.2. The molecular formula is C28H22N2O3S. The number of anilines is 1. The van der Waals surface area contributed by atoms with E-state index >= 15 is 0 Å². The number of benzene rings is 3. The number of ketones is 1. The zero-order valence-corrected chi connectivity index (χ0v) is 19.5. The molecule has 0 spiro atoms. The summed E-state index contributed by atoms with van der Waals surface area (Å²) in [4.78, 5) is 32.7. The highest BCUT2D eigenvalue weighted by atomic mass is 32.1. The summed E-state index contributed by atoms with van der Waals surface area (Å²) in [6, 6.07) is 22.1. The molecule has 6 heteroatoms. The van der Waals surface area contributed by atoms with Crippen molar-refractivity contribution in [3.8, 4) is 0 Å². The number of hydrogen-bond donors (Lipinski definition) is 1. The average Bonchev–Trinajstić information content (AvgIpc) is 3.36. The van der Waals surface area contributed by atoms with Gasteiger partial charge in [-0.3, -0.25) is 14.5 Å². The lowest BCUT2D eigenvalue weighted by Gasteiger charge is -2.24.